The molecule has 5 nitrogen and oxygen atoms in total. The lowest BCUT2D eigenvalue weighted by Crippen LogP contribution is -2.14. The van der Waals surface area contributed by atoms with E-state index in [1.54, 1.807) is 0 Å². The molecule has 0 bridgehead atoms. The molecule has 0 aliphatic carbocycles. The molecule has 4 aromatic rings. The molecule has 0 aliphatic rings. The molecule has 7 heteroatoms. The number of amides is 1. The molecule has 0 aliphatic heterocycles. The average molecular weight is 493 g/mol. The molecule has 0 fully saturated rings. The minimum atomic E-state index is -0.0942. The van der Waals surface area contributed by atoms with Gasteiger partial charge in [0.2, 0.25) is 5.91 Å². The van der Waals surface area contributed by atoms with Crippen LogP contribution in [0.3, 0.4) is 0 Å². The van der Waals surface area contributed by atoms with Gasteiger partial charge in [0.15, 0.2) is 11.0 Å². The number of hydrogen-bond donors (Lipinski definition) is 1. The summed E-state index contributed by atoms with van der Waals surface area (Å²) in [6.07, 6.45) is 0. The molecule has 1 amide bonds. The van der Waals surface area contributed by atoms with Crippen LogP contribution in [0.15, 0.2) is 82.4 Å². The molecular weight excluding hydrogens is 472 g/mol. The van der Waals surface area contributed by atoms with Crippen molar-refractivity contribution >= 4 is 39.3 Å². The van der Waals surface area contributed by atoms with Gasteiger partial charge in [0, 0.05) is 15.7 Å². The highest BCUT2D eigenvalue weighted by Gasteiger charge is 2.17. The summed E-state index contributed by atoms with van der Waals surface area (Å²) in [4.78, 5) is 12.5. The Balaban J connectivity index is 1.61. The Morgan fingerprint density at radius 1 is 0.968 bits per heavy atom. The second-order valence-corrected chi connectivity index (χ2v) is 8.98. The molecule has 0 saturated carbocycles. The number of rotatable bonds is 6. The van der Waals surface area contributed by atoms with Crippen LogP contribution in [-0.2, 0) is 4.79 Å². The van der Waals surface area contributed by atoms with Crippen molar-refractivity contribution in [3.8, 4) is 17.1 Å². The van der Waals surface area contributed by atoms with E-state index in [2.05, 4.69) is 63.5 Å². The van der Waals surface area contributed by atoms with E-state index >= 15 is 0 Å². The van der Waals surface area contributed by atoms with Crippen LogP contribution in [0.5, 0.6) is 0 Å². The first-order valence-electron chi connectivity index (χ1n) is 9.78. The minimum Gasteiger partial charge on any atom is -0.325 e. The maximum Gasteiger partial charge on any atom is 0.234 e. The Hall–Kier alpha value is -2.90. The lowest BCUT2D eigenvalue weighted by atomic mass is 10.1. The van der Waals surface area contributed by atoms with Crippen molar-refractivity contribution < 1.29 is 4.79 Å². The van der Waals surface area contributed by atoms with Gasteiger partial charge < -0.3 is 5.32 Å². The monoisotopic (exact) mass is 492 g/mol. The van der Waals surface area contributed by atoms with E-state index in [4.69, 9.17) is 0 Å². The van der Waals surface area contributed by atoms with Crippen molar-refractivity contribution in [2.24, 2.45) is 0 Å². The van der Waals surface area contributed by atoms with E-state index in [1.807, 2.05) is 59.2 Å². The first-order valence-corrected chi connectivity index (χ1v) is 11.6. The van der Waals surface area contributed by atoms with Gasteiger partial charge in [0.25, 0.3) is 0 Å². The lowest BCUT2D eigenvalue weighted by molar-refractivity contribution is -0.113. The van der Waals surface area contributed by atoms with Crippen molar-refractivity contribution in [2.45, 2.75) is 19.0 Å². The number of hydrogen-bond acceptors (Lipinski definition) is 4. The Labute approximate surface area is 194 Å². The fourth-order valence-corrected chi connectivity index (χ4v) is 4.11. The first kappa shape index (κ1) is 21.3. The van der Waals surface area contributed by atoms with Crippen LogP contribution in [0.1, 0.15) is 11.1 Å². The summed E-state index contributed by atoms with van der Waals surface area (Å²) in [6.45, 7) is 4.18. The van der Waals surface area contributed by atoms with Gasteiger partial charge in [-0.3, -0.25) is 9.36 Å². The lowest BCUT2D eigenvalue weighted by Gasteiger charge is -2.12. The molecule has 4 rings (SSSR count). The van der Waals surface area contributed by atoms with Gasteiger partial charge in [-0.25, -0.2) is 0 Å². The van der Waals surface area contributed by atoms with E-state index in [-0.39, 0.29) is 11.7 Å². The molecule has 0 atom stereocenters. The third kappa shape index (κ3) is 5.06. The van der Waals surface area contributed by atoms with Gasteiger partial charge in [0.05, 0.1) is 11.4 Å². The number of carbonyl (C=O) groups excluding carboxylic acids is 1. The quantitative estimate of drug-likeness (QED) is 0.333. The van der Waals surface area contributed by atoms with E-state index in [9.17, 15) is 4.79 Å². The average Bonchev–Trinajstić information content (AvgIpc) is 3.20. The normalized spacial score (nSPS) is 10.8. The molecule has 1 heterocycles. The summed E-state index contributed by atoms with van der Waals surface area (Å²) in [7, 11) is 0. The van der Waals surface area contributed by atoms with Gasteiger partial charge in [0.1, 0.15) is 0 Å². The Bertz CT molecular complexity index is 1210. The predicted molar refractivity (Wildman–Crippen MR) is 130 cm³/mol. The van der Waals surface area contributed by atoms with Gasteiger partial charge in [-0.05, 0) is 61.4 Å². The van der Waals surface area contributed by atoms with Crippen molar-refractivity contribution in [2.75, 3.05) is 11.1 Å². The molecule has 0 spiro atoms. The highest BCUT2D eigenvalue weighted by atomic mass is 79.9. The van der Waals surface area contributed by atoms with Crippen molar-refractivity contribution in [3.05, 3.63) is 88.4 Å². The van der Waals surface area contributed by atoms with Crippen molar-refractivity contribution in [3.63, 3.8) is 0 Å². The summed E-state index contributed by atoms with van der Waals surface area (Å²) in [5.41, 5.74) is 5.12. The zero-order valence-corrected chi connectivity index (χ0v) is 19.6. The fourth-order valence-electron chi connectivity index (χ4n) is 3.10. The van der Waals surface area contributed by atoms with E-state index in [0.717, 1.165) is 27.2 Å². The van der Waals surface area contributed by atoms with Gasteiger partial charge in [-0.15, -0.1) is 10.2 Å². The van der Waals surface area contributed by atoms with E-state index in [1.165, 1.54) is 22.9 Å². The largest absolute Gasteiger partial charge is 0.325 e. The van der Waals surface area contributed by atoms with Crippen molar-refractivity contribution in [1.29, 1.82) is 0 Å². The summed E-state index contributed by atoms with van der Waals surface area (Å²) in [5, 5.41) is 12.4. The van der Waals surface area contributed by atoms with Crippen LogP contribution in [-0.4, -0.2) is 26.4 Å². The highest BCUT2D eigenvalue weighted by Crippen LogP contribution is 2.29. The molecule has 0 unspecified atom stereocenters. The number of carbonyl (C=O) groups is 1. The molecule has 3 aromatic carbocycles. The van der Waals surface area contributed by atoms with Crippen LogP contribution in [0.25, 0.3) is 17.1 Å². The second kappa shape index (κ2) is 9.49. The van der Waals surface area contributed by atoms with E-state index in [0.29, 0.717) is 5.16 Å². The van der Waals surface area contributed by atoms with Crippen LogP contribution >= 0.6 is 27.7 Å². The molecule has 1 aromatic heterocycles. The van der Waals surface area contributed by atoms with E-state index < -0.39 is 0 Å². The number of nitrogens with zero attached hydrogens (tertiary/aromatic N) is 3. The van der Waals surface area contributed by atoms with Gasteiger partial charge >= 0.3 is 0 Å². The van der Waals surface area contributed by atoms with Crippen molar-refractivity contribution in [1.82, 2.24) is 14.8 Å². The molecule has 1 N–H and O–H groups in total. The number of thioether (sulfide) groups is 1. The zero-order chi connectivity index (χ0) is 21.8. The highest BCUT2D eigenvalue weighted by molar-refractivity contribution is 9.10. The topological polar surface area (TPSA) is 59.8 Å². The van der Waals surface area contributed by atoms with Gasteiger partial charge in [-0.1, -0.05) is 64.1 Å². The summed E-state index contributed by atoms with van der Waals surface area (Å²) < 4.78 is 2.98. The number of aryl methyl sites for hydroxylation is 2. The van der Waals surface area contributed by atoms with Crippen LogP contribution in [0.2, 0.25) is 0 Å². The number of halogens is 1. The van der Waals surface area contributed by atoms with Crippen LogP contribution in [0, 0.1) is 13.8 Å². The maximum atomic E-state index is 12.5. The molecule has 0 radical (unpaired) electrons. The predicted octanol–water partition coefficient (Wildman–Crippen LogP) is 6.04. The van der Waals surface area contributed by atoms with Crippen LogP contribution in [0.4, 0.5) is 5.69 Å². The smallest absolute Gasteiger partial charge is 0.234 e. The summed E-state index contributed by atoms with van der Waals surface area (Å²) in [5.74, 6) is 0.885. The number of anilines is 1. The Kier molecular flexibility index (Phi) is 6.53. The summed E-state index contributed by atoms with van der Waals surface area (Å²) >= 11 is 4.77. The molecular formula is C24H21BrN4OS. The number of benzene rings is 3. The SMILES string of the molecule is Cc1ccc(-n2c(SCC(=O)Nc3ccc(Br)cc3)nnc2-c2ccccc2)cc1C. The maximum absolute atomic E-state index is 12.5. The van der Waals surface area contributed by atoms with Gasteiger partial charge in [-0.2, -0.15) is 0 Å². The zero-order valence-electron chi connectivity index (χ0n) is 17.2. The molecule has 31 heavy (non-hydrogen) atoms. The fraction of sp³-hybridized carbons (Fsp3) is 0.125. The first-order chi connectivity index (χ1) is 15.0. The minimum absolute atomic E-state index is 0.0942. The third-order valence-electron chi connectivity index (χ3n) is 4.87. The number of aromatic nitrogens is 3. The Morgan fingerprint density at radius 3 is 2.42 bits per heavy atom. The third-order valence-corrected chi connectivity index (χ3v) is 6.33. The standard InChI is InChI=1S/C24H21BrN4OS/c1-16-8-13-21(14-17(16)2)29-23(18-6-4-3-5-7-18)27-28-24(29)31-15-22(30)26-20-11-9-19(25)10-12-20/h3-14H,15H2,1-2H3,(H,26,30). The molecule has 0 saturated heterocycles. The Morgan fingerprint density at radius 2 is 1.71 bits per heavy atom. The number of nitrogens with one attached hydrogen (secondary N) is 1. The van der Waals surface area contributed by atoms with Crippen LogP contribution < -0.4 is 5.32 Å². The second-order valence-electron chi connectivity index (χ2n) is 7.12. The summed E-state index contributed by atoms with van der Waals surface area (Å²) in [6, 6.07) is 23.7. The molecule has 156 valence electrons.